The zero-order valence-corrected chi connectivity index (χ0v) is 13.0. The second-order valence-corrected chi connectivity index (χ2v) is 6.78. The molecule has 0 saturated heterocycles. The molecule has 0 atom stereocenters. The molecule has 104 valence electrons. The third-order valence-corrected chi connectivity index (χ3v) is 4.06. The average Bonchev–Trinajstić information content (AvgIpc) is 2.76. The van der Waals surface area contributed by atoms with Gasteiger partial charge in [-0.05, 0) is 30.0 Å². The van der Waals surface area contributed by atoms with Crippen LogP contribution in [0, 0.1) is 18.3 Å². The highest BCUT2D eigenvalue weighted by molar-refractivity contribution is 7.12. The summed E-state index contributed by atoms with van der Waals surface area (Å²) >= 11 is 1.39. The van der Waals surface area contributed by atoms with Crippen LogP contribution in [0.25, 0.3) is 0 Å². The lowest BCUT2D eigenvalue weighted by Crippen LogP contribution is -2.10. The van der Waals surface area contributed by atoms with Crippen molar-refractivity contribution in [3.63, 3.8) is 0 Å². The normalized spacial score (nSPS) is 11.2. The first-order valence-corrected chi connectivity index (χ1v) is 7.31. The minimum atomic E-state index is 0.145. The second kappa shape index (κ2) is 5.64. The van der Waals surface area contributed by atoms with Crippen LogP contribution in [0.5, 0.6) is 5.75 Å². The lowest BCUT2D eigenvalue weighted by molar-refractivity contribution is 0.305. The third kappa shape index (κ3) is 3.37. The van der Waals surface area contributed by atoms with E-state index in [0.717, 1.165) is 16.5 Å². The molecule has 1 aromatic heterocycles. The van der Waals surface area contributed by atoms with Crippen LogP contribution in [0.2, 0.25) is 0 Å². The standard InChI is InChI=1S/C16H18N2OS/c1-11-14(9-17)20-15(18-11)10-19-13-7-5-12(6-8-13)16(2,3)4/h5-8H,10H2,1-4H3. The Kier molecular flexibility index (Phi) is 4.10. The highest BCUT2D eigenvalue weighted by Gasteiger charge is 2.13. The molecule has 0 aliphatic carbocycles. The van der Waals surface area contributed by atoms with E-state index in [2.05, 4.69) is 44.0 Å². The summed E-state index contributed by atoms with van der Waals surface area (Å²) in [5.41, 5.74) is 2.20. The Morgan fingerprint density at radius 3 is 2.40 bits per heavy atom. The van der Waals surface area contributed by atoms with Gasteiger partial charge in [0.05, 0.1) is 5.69 Å². The quantitative estimate of drug-likeness (QED) is 0.849. The summed E-state index contributed by atoms with van der Waals surface area (Å²) in [5.74, 6) is 0.823. The fourth-order valence-electron chi connectivity index (χ4n) is 1.81. The zero-order valence-electron chi connectivity index (χ0n) is 12.2. The molecule has 2 aromatic rings. The minimum Gasteiger partial charge on any atom is -0.486 e. The van der Waals surface area contributed by atoms with Gasteiger partial charge < -0.3 is 4.74 Å². The first-order chi connectivity index (χ1) is 9.40. The van der Waals surface area contributed by atoms with Crippen LogP contribution >= 0.6 is 11.3 Å². The van der Waals surface area contributed by atoms with E-state index >= 15 is 0 Å². The number of ether oxygens (including phenoxy) is 1. The molecule has 2 rings (SSSR count). The van der Waals surface area contributed by atoms with E-state index < -0.39 is 0 Å². The van der Waals surface area contributed by atoms with Crippen molar-refractivity contribution < 1.29 is 4.74 Å². The Hall–Kier alpha value is -1.86. The largest absolute Gasteiger partial charge is 0.486 e. The van der Waals surface area contributed by atoms with Crippen molar-refractivity contribution in [2.24, 2.45) is 0 Å². The maximum Gasteiger partial charge on any atom is 0.140 e. The Balaban J connectivity index is 2.02. The van der Waals surface area contributed by atoms with Gasteiger partial charge in [0.25, 0.3) is 0 Å². The zero-order chi connectivity index (χ0) is 14.8. The number of aromatic nitrogens is 1. The third-order valence-electron chi connectivity index (χ3n) is 3.03. The van der Waals surface area contributed by atoms with Crippen LogP contribution in [0.4, 0.5) is 0 Å². The highest BCUT2D eigenvalue weighted by Crippen LogP contribution is 2.25. The highest BCUT2D eigenvalue weighted by atomic mass is 32.1. The number of rotatable bonds is 3. The van der Waals surface area contributed by atoms with E-state index in [9.17, 15) is 0 Å². The van der Waals surface area contributed by atoms with E-state index in [1.165, 1.54) is 16.9 Å². The van der Waals surface area contributed by atoms with E-state index in [0.29, 0.717) is 11.5 Å². The van der Waals surface area contributed by atoms with E-state index in [-0.39, 0.29) is 5.41 Å². The summed E-state index contributed by atoms with van der Waals surface area (Å²) in [5, 5.41) is 9.74. The van der Waals surface area contributed by atoms with E-state index in [1.807, 2.05) is 19.1 Å². The minimum absolute atomic E-state index is 0.145. The molecular weight excluding hydrogens is 268 g/mol. The monoisotopic (exact) mass is 286 g/mol. The fraction of sp³-hybridized carbons (Fsp3) is 0.375. The summed E-state index contributed by atoms with van der Waals surface area (Å²) in [6.07, 6.45) is 0. The summed E-state index contributed by atoms with van der Waals surface area (Å²) in [6.45, 7) is 8.80. The molecule has 0 aliphatic heterocycles. The summed E-state index contributed by atoms with van der Waals surface area (Å²) < 4.78 is 5.71. The molecule has 0 fully saturated rings. The van der Waals surface area contributed by atoms with Crippen molar-refractivity contribution in [3.8, 4) is 11.8 Å². The van der Waals surface area contributed by atoms with Gasteiger partial charge in [0.1, 0.15) is 28.3 Å². The van der Waals surface area contributed by atoms with Crippen LogP contribution in [0.1, 0.15) is 41.9 Å². The summed E-state index contributed by atoms with van der Waals surface area (Å²) in [4.78, 5) is 4.98. The van der Waals surface area contributed by atoms with Gasteiger partial charge in [0, 0.05) is 0 Å². The van der Waals surface area contributed by atoms with Crippen molar-refractivity contribution in [2.45, 2.75) is 39.7 Å². The Bertz CT molecular complexity index is 630. The lowest BCUT2D eigenvalue weighted by atomic mass is 9.87. The molecule has 0 spiro atoms. The molecule has 0 bridgehead atoms. The number of thiazole rings is 1. The van der Waals surface area contributed by atoms with Gasteiger partial charge in [-0.15, -0.1) is 11.3 Å². The van der Waals surface area contributed by atoms with Crippen LogP contribution in [-0.4, -0.2) is 4.98 Å². The number of benzene rings is 1. The predicted octanol–water partition coefficient (Wildman–Crippen LogP) is 4.20. The number of nitriles is 1. The molecule has 0 unspecified atom stereocenters. The molecule has 20 heavy (non-hydrogen) atoms. The molecule has 0 radical (unpaired) electrons. The van der Waals surface area contributed by atoms with Crippen molar-refractivity contribution >= 4 is 11.3 Å². The average molecular weight is 286 g/mol. The lowest BCUT2D eigenvalue weighted by Gasteiger charge is -2.19. The number of hydrogen-bond donors (Lipinski definition) is 0. The molecule has 0 saturated carbocycles. The Morgan fingerprint density at radius 1 is 1.25 bits per heavy atom. The Morgan fingerprint density at radius 2 is 1.90 bits per heavy atom. The first kappa shape index (κ1) is 14.5. The van der Waals surface area contributed by atoms with Crippen LogP contribution in [0.15, 0.2) is 24.3 Å². The number of nitrogens with zero attached hydrogens (tertiary/aromatic N) is 2. The maximum atomic E-state index is 8.90. The van der Waals surface area contributed by atoms with E-state index in [4.69, 9.17) is 10.00 Å². The second-order valence-electron chi connectivity index (χ2n) is 5.70. The van der Waals surface area contributed by atoms with Crippen molar-refractivity contribution in [1.82, 2.24) is 4.98 Å². The van der Waals surface area contributed by atoms with Gasteiger partial charge >= 0.3 is 0 Å². The Labute approximate surface area is 123 Å². The van der Waals surface area contributed by atoms with Crippen LogP contribution in [-0.2, 0) is 12.0 Å². The molecule has 0 amide bonds. The van der Waals surface area contributed by atoms with Gasteiger partial charge in [-0.3, -0.25) is 0 Å². The molecule has 1 heterocycles. The smallest absolute Gasteiger partial charge is 0.140 e. The molecule has 1 aromatic carbocycles. The molecular formula is C16H18N2OS. The first-order valence-electron chi connectivity index (χ1n) is 6.50. The van der Waals surface area contributed by atoms with Crippen molar-refractivity contribution in [3.05, 3.63) is 45.4 Å². The summed E-state index contributed by atoms with van der Waals surface area (Å²) in [6, 6.07) is 10.3. The molecule has 3 nitrogen and oxygen atoms in total. The molecule has 4 heteroatoms. The van der Waals surface area contributed by atoms with Crippen molar-refractivity contribution in [2.75, 3.05) is 0 Å². The maximum absolute atomic E-state index is 8.90. The topological polar surface area (TPSA) is 45.9 Å². The SMILES string of the molecule is Cc1nc(COc2ccc(C(C)(C)C)cc2)sc1C#N. The van der Waals surface area contributed by atoms with Gasteiger partial charge in [0.2, 0.25) is 0 Å². The molecule has 0 aliphatic rings. The van der Waals surface area contributed by atoms with Gasteiger partial charge in [0.15, 0.2) is 0 Å². The van der Waals surface area contributed by atoms with Crippen molar-refractivity contribution in [1.29, 1.82) is 5.26 Å². The van der Waals surface area contributed by atoms with E-state index in [1.54, 1.807) is 0 Å². The van der Waals surface area contributed by atoms with Gasteiger partial charge in [-0.1, -0.05) is 32.9 Å². The van der Waals surface area contributed by atoms with Crippen LogP contribution < -0.4 is 4.74 Å². The van der Waals surface area contributed by atoms with Gasteiger partial charge in [-0.2, -0.15) is 5.26 Å². The fourth-order valence-corrected chi connectivity index (χ4v) is 2.59. The number of hydrogen-bond acceptors (Lipinski definition) is 4. The van der Waals surface area contributed by atoms with Gasteiger partial charge in [-0.25, -0.2) is 4.98 Å². The summed E-state index contributed by atoms with van der Waals surface area (Å²) in [7, 11) is 0. The molecule has 0 N–H and O–H groups in total. The number of aryl methyl sites for hydroxylation is 1. The predicted molar refractivity (Wildman–Crippen MR) is 81.0 cm³/mol. The van der Waals surface area contributed by atoms with Crippen LogP contribution in [0.3, 0.4) is 0 Å².